The molecule has 1 saturated heterocycles. The molecule has 0 aliphatic carbocycles. The Morgan fingerprint density at radius 2 is 1.85 bits per heavy atom. The van der Waals surface area contributed by atoms with Crippen molar-refractivity contribution in [2.45, 2.75) is 25.8 Å². The van der Waals surface area contributed by atoms with Crippen LogP contribution >= 0.6 is 11.3 Å². The number of carbonyl (C=O) groups is 2. The summed E-state index contributed by atoms with van der Waals surface area (Å²) in [7, 11) is 3.10. The molecule has 2 aromatic carbocycles. The molecule has 1 aromatic heterocycles. The van der Waals surface area contributed by atoms with Gasteiger partial charge in [-0.2, -0.15) is 0 Å². The number of urea groups is 1. The molecule has 33 heavy (non-hydrogen) atoms. The summed E-state index contributed by atoms with van der Waals surface area (Å²) in [5.41, 5.74) is 2.32. The summed E-state index contributed by atoms with van der Waals surface area (Å²) in [5, 5.41) is 14.9. The number of nitrogens with zero attached hydrogens (tertiary/aromatic N) is 3. The van der Waals surface area contributed by atoms with Gasteiger partial charge in [0, 0.05) is 18.3 Å². The molecule has 1 aliphatic rings. The Balaban J connectivity index is 1.46. The Kier molecular flexibility index (Phi) is 6.74. The van der Waals surface area contributed by atoms with E-state index >= 15 is 0 Å². The highest BCUT2D eigenvalue weighted by Crippen LogP contribution is 2.35. The highest BCUT2D eigenvalue weighted by Gasteiger charge is 2.33. The smallest absolute Gasteiger partial charge is 0.322 e. The molecule has 1 fully saturated rings. The van der Waals surface area contributed by atoms with Crippen LogP contribution in [-0.2, 0) is 0 Å². The summed E-state index contributed by atoms with van der Waals surface area (Å²) >= 11 is 1.20. The molecule has 0 bridgehead atoms. The van der Waals surface area contributed by atoms with Crippen molar-refractivity contribution in [1.29, 1.82) is 0 Å². The van der Waals surface area contributed by atoms with Crippen molar-refractivity contribution < 1.29 is 19.1 Å². The second-order valence-electron chi connectivity index (χ2n) is 7.61. The number of amides is 3. The molecule has 9 nitrogen and oxygen atoms in total. The first kappa shape index (κ1) is 22.5. The Labute approximate surface area is 195 Å². The van der Waals surface area contributed by atoms with Crippen molar-refractivity contribution in [3.05, 3.63) is 58.0 Å². The number of anilines is 2. The maximum absolute atomic E-state index is 13.1. The van der Waals surface area contributed by atoms with Gasteiger partial charge in [0.15, 0.2) is 0 Å². The number of aryl methyl sites for hydroxylation is 1. The van der Waals surface area contributed by atoms with Gasteiger partial charge in [-0.05, 0) is 44.0 Å². The van der Waals surface area contributed by atoms with Crippen LogP contribution in [0.15, 0.2) is 42.5 Å². The number of rotatable bonds is 6. The van der Waals surface area contributed by atoms with Crippen LogP contribution in [-0.4, -0.2) is 47.8 Å². The van der Waals surface area contributed by atoms with E-state index in [1.165, 1.54) is 11.3 Å². The van der Waals surface area contributed by atoms with Gasteiger partial charge in [0.05, 0.1) is 25.9 Å². The number of likely N-dealkylation sites (tertiary alicyclic amines) is 1. The third kappa shape index (κ3) is 5.06. The fourth-order valence-corrected chi connectivity index (χ4v) is 4.53. The summed E-state index contributed by atoms with van der Waals surface area (Å²) in [6.07, 6.45) is 1.58. The van der Waals surface area contributed by atoms with E-state index in [4.69, 9.17) is 9.47 Å². The summed E-state index contributed by atoms with van der Waals surface area (Å²) in [6, 6.07) is 12.2. The van der Waals surface area contributed by atoms with Crippen LogP contribution < -0.4 is 20.1 Å². The van der Waals surface area contributed by atoms with Crippen LogP contribution in [0, 0.1) is 6.92 Å². The third-order valence-corrected chi connectivity index (χ3v) is 6.41. The van der Waals surface area contributed by atoms with Gasteiger partial charge < -0.3 is 25.0 Å². The lowest BCUT2D eigenvalue weighted by molar-refractivity contribution is 0.102. The molecule has 0 spiro atoms. The molecule has 3 amide bonds. The van der Waals surface area contributed by atoms with Gasteiger partial charge in [-0.25, -0.2) is 4.79 Å². The van der Waals surface area contributed by atoms with E-state index in [0.717, 1.165) is 18.4 Å². The lowest BCUT2D eigenvalue weighted by atomic mass is 10.2. The molecule has 3 aromatic rings. The Morgan fingerprint density at radius 1 is 1.06 bits per heavy atom. The first-order chi connectivity index (χ1) is 16.0. The molecule has 4 rings (SSSR count). The van der Waals surface area contributed by atoms with Gasteiger partial charge in [0.1, 0.15) is 16.5 Å². The highest BCUT2D eigenvalue weighted by atomic mass is 32.1. The van der Waals surface area contributed by atoms with Gasteiger partial charge >= 0.3 is 6.03 Å². The number of nitrogens with one attached hydrogen (secondary N) is 2. The van der Waals surface area contributed by atoms with Crippen LogP contribution in [0.25, 0.3) is 0 Å². The monoisotopic (exact) mass is 467 g/mol. The molecule has 1 atom stereocenters. The number of ether oxygens (including phenoxy) is 2. The number of hydrogen-bond acceptors (Lipinski definition) is 7. The van der Waals surface area contributed by atoms with Crippen LogP contribution in [0.5, 0.6) is 11.5 Å². The zero-order chi connectivity index (χ0) is 23.4. The molecule has 0 saturated carbocycles. The zero-order valence-corrected chi connectivity index (χ0v) is 19.4. The summed E-state index contributed by atoms with van der Waals surface area (Å²) in [4.78, 5) is 27.4. The van der Waals surface area contributed by atoms with E-state index in [-0.39, 0.29) is 23.0 Å². The SMILES string of the molecule is COc1ccc(OC)c(NC(=O)N2CCCC2c2nnc(C(=O)Nc3ccc(C)cc3)s2)c1. The maximum Gasteiger partial charge on any atom is 0.322 e. The zero-order valence-electron chi connectivity index (χ0n) is 18.6. The minimum Gasteiger partial charge on any atom is -0.497 e. The van der Waals surface area contributed by atoms with Crippen LogP contribution in [0.4, 0.5) is 16.2 Å². The average Bonchev–Trinajstić information content (AvgIpc) is 3.50. The normalized spacial score (nSPS) is 15.2. The predicted molar refractivity (Wildman–Crippen MR) is 126 cm³/mol. The van der Waals surface area contributed by atoms with Gasteiger partial charge in [-0.3, -0.25) is 4.79 Å². The lowest BCUT2D eigenvalue weighted by Gasteiger charge is -2.23. The molecule has 1 unspecified atom stereocenters. The standard InChI is InChI=1S/C23H25N5O4S/c1-14-6-8-15(9-7-14)24-20(29)22-27-26-21(33-22)18-5-4-12-28(18)23(30)25-17-13-16(31-2)10-11-19(17)32-3/h6-11,13,18H,4-5,12H2,1-3H3,(H,24,29)(H,25,30). The predicted octanol–water partition coefficient (Wildman–Crippen LogP) is 4.49. The first-order valence-electron chi connectivity index (χ1n) is 10.5. The lowest BCUT2D eigenvalue weighted by Crippen LogP contribution is -2.34. The van der Waals surface area contributed by atoms with Gasteiger partial charge in [-0.15, -0.1) is 10.2 Å². The molecule has 1 aliphatic heterocycles. The summed E-state index contributed by atoms with van der Waals surface area (Å²) < 4.78 is 10.6. The minimum atomic E-state index is -0.322. The van der Waals surface area contributed by atoms with Crippen LogP contribution in [0.3, 0.4) is 0 Å². The maximum atomic E-state index is 13.1. The molecular weight excluding hydrogens is 442 g/mol. The van der Waals surface area contributed by atoms with Crippen molar-refractivity contribution in [3.8, 4) is 11.5 Å². The summed E-state index contributed by atoms with van der Waals surface area (Å²) in [5.74, 6) is 0.820. The van der Waals surface area contributed by atoms with E-state index in [1.807, 2.05) is 31.2 Å². The first-order valence-corrected chi connectivity index (χ1v) is 11.3. The van der Waals surface area contributed by atoms with E-state index in [2.05, 4.69) is 20.8 Å². The van der Waals surface area contributed by atoms with E-state index in [0.29, 0.717) is 34.4 Å². The number of methoxy groups -OCH3 is 2. The molecule has 0 radical (unpaired) electrons. The summed E-state index contributed by atoms with van der Waals surface area (Å²) in [6.45, 7) is 2.56. The van der Waals surface area contributed by atoms with Crippen molar-refractivity contribution in [2.24, 2.45) is 0 Å². The van der Waals surface area contributed by atoms with Gasteiger partial charge in [0.2, 0.25) is 5.01 Å². The molecule has 172 valence electrons. The fraction of sp³-hybridized carbons (Fsp3) is 0.304. The number of benzene rings is 2. The van der Waals surface area contributed by atoms with Crippen molar-refractivity contribution in [3.63, 3.8) is 0 Å². The van der Waals surface area contributed by atoms with E-state index < -0.39 is 0 Å². The van der Waals surface area contributed by atoms with Crippen LogP contribution in [0.1, 0.15) is 39.3 Å². The minimum absolute atomic E-state index is 0.250. The topological polar surface area (TPSA) is 106 Å². The number of carbonyl (C=O) groups excluding carboxylic acids is 2. The fourth-order valence-electron chi connectivity index (χ4n) is 3.65. The molecule has 2 heterocycles. The average molecular weight is 468 g/mol. The Bertz CT molecular complexity index is 1150. The third-order valence-electron chi connectivity index (χ3n) is 5.39. The van der Waals surface area contributed by atoms with E-state index in [1.54, 1.807) is 37.3 Å². The molecular formula is C23H25N5O4S. The van der Waals surface area contributed by atoms with Crippen LogP contribution in [0.2, 0.25) is 0 Å². The highest BCUT2D eigenvalue weighted by molar-refractivity contribution is 7.13. The van der Waals surface area contributed by atoms with Gasteiger partial charge in [-0.1, -0.05) is 29.0 Å². The number of aromatic nitrogens is 2. The van der Waals surface area contributed by atoms with Gasteiger partial charge in [0.25, 0.3) is 5.91 Å². The van der Waals surface area contributed by atoms with Crippen molar-refractivity contribution in [1.82, 2.24) is 15.1 Å². The quantitative estimate of drug-likeness (QED) is 0.554. The van der Waals surface area contributed by atoms with Crippen molar-refractivity contribution >= 4 is 34.6 Å². The second-order valence-corrected chi connectivity index (χ2v) is 8.62. The van der Waals surface area contributed by atoms with E-state index in [9.17, 15) is 9.59 Å². The number of hydrogen-bond donors (Lipinski definition) is 2. The molecule has 2 N–H and O–H groups in total. The largest absolute Gasteiger partial charge is 0.497 e. The Hall–Kier alpha value is -3.66. The second kappa shape index (κ2) is 9.86. The van der Waals surface area contributed by atoms with Crippen molar-refractivity contribution in [2.75, 3.05) is 31.4 Å². The Morgan fingerprint density at radius 3 is 2.58 bits per heavy atom. The molecule has 10 heteroatoms.